The molecule has 1 heterocycles. The lowest BCUT2D eigenvalue weighted by Gasteiger charge is -2.28. The summed E-state index contributed by atoms with van der Waals surface area (Å²) in [6, 6.07) is 0. The van der Waals surface area contributed by atoms with E-state index in [2.05, 4.69) is 30.4 Å². The number of nitrogens with zero attached hydrogens (tertiary/aromatic N) is 2. The van der Waals surface area contributed by atoms with Crippen LogP contribution in [-0.2, 0) is 80.6 Å². The van der Waals surface area contributed by atoms with E-state index in [4.69, 9.17) is 75.8 Å². The van der Waals surface area contributed by atoms with Crippen LogP contribution < -0.4 is 0 Å². The molecule has 0 saturated carbocycles. The van der Waals surface area contributed by atoms with Gasteiger partial charge in [0.1, 0.15) is 6.61 Å². The van der Waals surface area contributed by atoms with Gasteiger partial charge in [-0.3, -0.25) is 9.80 Å². The van der Waals surface area contributed by atoms with Crippen LogP contribution in [0.2, 0.25) is 0 Å². The number of likely N-dealkylation sites (N-methyl/N-ethyl adjacent to an activating group) is 1. The molecule has 0 aromatic rings. The highest BCUT2D eigenvalue weighted by Gasteiger charge is 2.44. The van der Waals surface area contributed by atoms with Crippen LogP contribution in [0.3, 0.4) is 0 Å². The van der Waals surface area contributed by atoms with E-state index in [9.17, 15) is 4.79 Å². The first-order chi connectivity index (χ1) is 29.1. The van der Waals surface area contributed by atoms with E-state index >= 15 is 0 Å². The Kier molecular flexibility index (Phi) is 40.7. The van der Waals surface area contributed by atoms with Crippen LogP contribution in [0.25, 0.3) is 0 Å². The third-order valence-corrected chi connectivity index (χ3v) is 8.46. The highest BCUT2D eigenvalue weighted by molar-refractivity contribution is 5.81. The molecule has 0 amide bonds. The molecular formula is C40H78N2O17. The molecule has 19 nitrogen and oxygen atoms in total. The first kappa shape index (κ1) is 55.5. The molecule has 0 aliphatic carbocycles. The third-order valence-electron chi connectivity index (χ3n) is 8.46. The van der Waals surface area contributed by atoms with E-state index < -0.39 is 5.97 Å². The Morgan fingerprint density at radius 3 is 1.15 bits per heavy atom. The molecule has 19 heteroatoms. The highest BCUT2D eigenvalue weighted by atomic mass is 16.6. The zero-order valence-corrected chi connectivity index (χ0v) is 36.6. The molecule has 3 atom stereocenters. The maximum atomic E-state index is 10.9. The van der Waals surface area contributed by atoms with E-state index in [-0.39, 0.29) is 25.2 Å². The summed E-state index contributed by atoms with van der Waals surface area (Å²) in [5, 5.41) is 0. The van der Waals surface area contributed by atoms with E-state index in [1.165, 1.54) is 0 Å². The molecule has 1 aliphatic heterocycles. The van der Waals surface area contributed by atoms with Gasteiger partial charge < -0.3 is 75.8 Å². The average molecular weight is 859 g/mol. The van der Waals surface area contributed by atoms with Gasteiger partial charge in [-0.1, -0.05) is 6.58 Å². The third kappa shape index (κ3) is 32.9. The van der Waals surface area contributed by atoms with Crippen molar-refractivity contribution in [3.63, 3.8) is 0 Å². The van der Waals surface area contributed by atoms with Crippen molar-refractivity contribution in [2.75, 3.05) is 206 Å². The summed E-state index contributed by atoms with van der Waals surface area (Å²) >= 11 is 0. The monoisotopic (exact) mass is 859 g/mol. The molecule has 0 N–H and O–H groups in total. The van der Waals surface area contributed by atoms with Crippen molar-refractivity contribution >= 4 is 5.97 Å². The minimum atomic E-state index is -0.465. The second kappa shape index (κ2) is 43.2. The minimum Gasteiger partial charge on any atom is -0.460 e. The van der Waals surface area contributed by atoms with Gasteiger partial charge in [-0.2, -0.15) is 0 Å². The van der Waals surface area contributed by atoms with Gasteiger partial charge in [-0.15, -0.1) is 0 Å². The molecule has 0 aromatic heterocycles. The fourth-order valence-electron chi connectivity index (χ4n) is 5.23. The van der Waals surface area contributed by atoms with E-state index in [1.54, 1.807) is 14.2 Å². The highest BCUT2D eigenvalue weighted by Crippen LogP contribution is 2.27. The van der Waals surface area contributed by atoms with Crippen LogP contribution in [0.15, 0.2) is 12.7 Å². The number of rotatable bonds is 47. The molecule has 3 unspecified atom stereocenters. The number of methoxy groups -OCH3 is 2. The number of esters is 1. The Hall–Kier alpha value is -1.47. The van der Waals surface area contributed by atoms with Crippen LogP contribution >= 0.6 is 0 Å². The summed E-state index contributed by atoms with van der Waals surface area (Å²) in [6.07, 6.45) is 2.14. The number of ether oxygens (including phenoxy) is 16. The minimum absolute atomic E-state index is 0.0752. The number of hydrogen-bond donors (Lipinski definition) is 0. The summed E-state index contributed by atoms with van der Waals surface area (Å²) in [6.45, 7) is 19.4. The topological polar surface area (TPSA) is 171 Å². The number of carbonyl (C=O) groups is 1. The molecule has 0 spiro atoms. The molecule has 1 fully saturated rings. The van der Waals surface area contributed by atoms with Gasteiger partial charge in [0.15, 0.2) is 12.5 Å². The average Bonchev–Trinajstić information content (AvgIpc) is 3.46. The zero-order valence-electron chi connectivity index (χ0n) is 36.6. The van der Waals surface area contributed by atoms with Gasteiger partial charge >= 0.3 is 5.97 Å². The summed E-state index contributed by atoms with van der Waals surface area (Å²) < 4.78 is 88.8. The van der Waals surface area contributed by atoms with E-state index in [1.807, 2.05) is 0 Å². The number of hydrogen-bond acceptors (Lipinski definition) is 19. The lowest BCUT2D eigenvalue weighted by atomic mass is 10.4. The zero-order chi connectivity index (χ0) is 42.7. The molecule has 59 heavy (non-hydrogen) atoms. The molecule has 1 aliphatic rings. The van der Waals surface area contributed by atoms with Crippen LogP contribution in [-0.4, -0.2) is 241 Å². The summed E-state index contributed by atoms with van der Waals surface area (Å²) in [7, 11) is 5.35. The van der Waals surface area contributed by atoms with Crippen LogP contribution in [0, 0.1) is 0 Å². The van der Waals surface area contributed by atoms with Gasteiger partial charge in [0.2, 0.25) is 0 Å². The van der Waals surface area contributed by atoms with Gasteiger partial charge in [-0.05, 0) is 26.8 Å². The Bertz CT molecular complexity index is 915. The second-order valence-corrected chi connectivity index (χ2v) is 12.9. The van der Waals surface area contributed by atoms with Crippen molar-refractivity contribution < 1.29 is 80.6 Å². The van der Waals surface area contributed by atoms with Gasteiger partial charge in [0, 0.05) is 40.1 Å². The molecule has 350 valence electrons. The summed E-state index contributed by atoms with van der Waals surface area (Å²) in [5.74, 6) is -0.465. The maximum Gasteiger partial charge on any atom is 0.330 e. The predicted octanol–water partition coefficient (Wildman–Crippen LogP) is 1.25. The molecule has 1 saturated heterocycles. The summed E-state index contributed by atoms with van der Waals surface area (Å²) in [4.78, 5) is 15.4. The second-order valence-electron chi connectivity index (χ2n) is 12.9. The van der Waals surface area contributed by atoms with Crippen LogP contribution in [0.4, 0.5) is 0 Å². The van der Waals surface area contributed by atoms with Crippen molar-refractivity contribution in [1.82, 2.24) is 9.80 Å². The van der Waals surface area contributed by atoms with Gasteiger partial charge in [-0.25, -0.2) is 4.79 Å². The van der Waals surface area contributed by atoms with Crippen LogP contribution in [0.1, 0.15) is 19.8 Å². The largest absolute Gasteiger partial charge is 0.460 e. The van der Waals surface area contributed by atoms with E-state index in [0.29, 0.717) is 178 Å². The van der Waals surface area contributed by atoms with Crippen molar-refractivity contribution in [2.45, 2.75) is 38.4 Å². The SMILES string of the molecule is C=CC(=O)OCCOCCOCCOCCOCCOCCN1C(OCCCOCCOCCOCCOC)C(OCCCOCCOCCOCCOC)N(C)C1C. The Labute approximate surface area is 353 Å². The Morgan fingerprint density at radius 2 is 0.780 bits per heavy atom. The van der Waals surface area contributed by atoms with Crippen molar-refractivity contribution in [1.29, 1.82) is 0 Å². The Morgan fingerprint density at radius 1 is 0.458 bits per heavy atom. The number of carbonyl (C=O) groups excluding carboxylic acids is 1. The first-order valence-corrected chi connectivity index (χ1v) is 20.9. The lowest BCUT2D eigenvalue weighted by Crippen LogP contribution is -2.43. The molecule has 1 rings (SSSR count). The first-order valence-electron chi connectivity index (χ1n) is 20.9. The van der Waals surface area contributed by atoms with E-state index in [0.717, 1.165) is 18.9 Å². The van der Waals surface area contributed by atoms with Crippen molar-refractivity contribution in [2.24, 2.45) is 0 Å². The van der Waals surface area contributed by atoms with Gasteiger partial charge in [0.05, 0.1) is 165 Å². The Balaban J connectivity index is 2.29. The van der Waals surface area contributed by atoms with Gasteiger partial charge in [0.25, 0.3) is 0 Å². The molecule has 0 aromatic carbocycles. The lowest BCUT2D eigenvalue weighted by molar-refractivity contribution is -0.139. The predicted molar refractivity (Wildman–Crippen MR) is 217 cm³/mol. The van der Waals surface area contributed by atoms with Crippen molar-refractivity contribution in [3.8, 4) is 0 Å². The van der Waals surface area contributed by atoms with Crippen molar-refractivity contribution in [3.05, 3.63) is 12.7 Å². The van der Waals surface area contributed by atoms with Crippen LogP contribution in [0.5, 0.6) is 0 Å². The molecule has 0 bridgehead atoms. The smallest absolute Gasteiger partial charge is 0.330 e. The summed E-state index contributed by atoms with van der Waals surface area (Å²) in [5.41, 5.74) is 0. The molecular weight excluding hydrogens is 780 g/mol. The fraction of sp³-hybridized carbons (Fsp3) is 0.925. The fourth-order valence-corrected chi connectivity index (χ4v) is 5.23. The quantitative estimate of drug-likeness (QED) is 0.0486. The molecule has 0 radical (unpaired) electrons. The normalized spacial score (nSPS) is 17.3. The standard InChI is InChI=1S/C40H78N2O17/c1-6-38(43)57-36-35-56-34-33-55-32-31-54-30-29-53-24-21-48-14-9-42-37(2)41(3)39(58-12-7-10-46-19-22-51-27-25-49-17-15-44-4)40(42)59-13-8-11-47-20-23-52-28-26-50-18-16-45-5/h6,37,39-40H,1,7-36H2,2-5H3. The maximum absolute atomic E-state index is 10.9.